The van der Waals surface area contributed by atoms with Crippen LogP contribution in [-0.2, 0) is 22.7 Å². The first-order valence-electron chi connectivity index (χ1n) is 8.85. The number of amides is 2. The van der Waals surface area contributed by atoms with E-state index in [9.17, 15) is 9.59 Å². The zero-order valence-corrected chi connectivity index (χ0v) is 15.2. The number of hydrogen-bond donors (Lipinski definition) is 2. The largest absolute Gasteiger partial charge is 0.466 e. The number of fused-ring (bicyclic) bond motifs is 2. The molecule has 0 radical (unpaired) electrons. The Kier molecular flexibility index (Phi) is 4.07. The van der Waals surface area contributed by atoms with E-state index in [1.165, 1.54) is 6.92 Å². The fourth-order valence-corrected chi connectivity index (χ4v) is 3.26. The molecule has 1 aliphatic heterocycles. The Morgan fingerprint density at radius 1 is 1.22 bits per heavy atom. The Balaban J connectivity index is 1.55. The molecule has 138 valence electrons. The molecule has 0 aliphatic carbocycles. The Morgan fingerprint density at radius 2 is 1.96 bits per heavy atom. The van der Waals surface area contributed by atoms with Crippen LogP contribution in [0.15, 0.2) is 48.5 Å². The first-order valence-corrected chi connectivity index (χ1v) is 8.85. The normalized spacial score (nSPS) is 18.5. The van der Waals surface area contributed by atoms with E-state index in [0.717, 1.165) is 23.4 Å². The summed E-state index contributed by atoms with van der Waals surface area (Å²) in [6.07, 6.45) is 0. The van der Waals surface area contributed by atoms with Crippen molar-refractivity contribution in [3.05, 3.63) is 54.4 Å². The van der Waals surface area contributed by atoms with Crippen molar-refractivity contribution in [2.45, 2.75) is 32.5 Å². The molecule has 0 spiro atoms. The third-order valence-electron chi connectivity index (χ3n) is 4.77. The van der Waals surface area contributed by atoms with Crippen LogP contribution in [-0.4, -0.2) is 27.0 Å². The number of nitrogens with one attached hydrogen (secondary N) is 2. The van der Waals surface area contributed by atoms with E-state index in [1.54, 1.807) is 24.3 Å². The number of hydrogen-bond acceptors (Lipinski definition) is 4. The van der Waals surface area contributed by atoms with Gasteiger partial charge in [0.2, 0.25) is 0 Å². The zero-order valence-electron chi connectivity index (χ0n) is 15.2. The lowest BCUT2D eigenvalue weighted by molar-refractivity contribution is -0.146. The Morgan fingerprint density at radius 3 is 2.78 bits per heavy atom. The van der Waals surface area contributed by atoms with Gasteiger partial charge in [-0.1, -0.05) is 24.3 Å². The zero-order chi connectivity index (χ0) is 19.0. The number of benzene rings is 2. The highest BCUT2D eigenvalue weighted by Gasteiger charge is 2.47. The van der Waals surface area contributed by atoms with E-state index in [4.69, 9.17) is 4.74 Å². The van der Waals surface area contributed by atoms with Crippen molar-refractivity contribution < 1.29 is 14.3 Å². The average Bonchev–Trinajstić information content (AvgIpc) is 3.04. The summed E-state index contributed by atoms with van der Waals surface area (Å²) in [5.41, 5.74) is 0.796. The number of para-hydroxylation sites is 4. The standard InChI is InChI=1S/C20H20N4O3/c1-3-24-15-10-6-4-8-13(15)22-17(24)12-21-18(25)20(2)19(26)23-14-9-5-7-11-16(14)27-20/h4-11H,3,12H2,1-2H3,(H,21,25)(H,23,26). The summed E-state index contributed by atoms with van der Waals surface area (Å²) in [6, 6.07) is 14.8. The first kappa shape index (κ1) is 17.1. The molecule has 2 heterocycles. The van der Waals surface area contributed by atoms with Gasteiger partial charge in [-0.15, -0.1) is 0 Å². The van der Waals surface area contributed by atoms with E-state index < -0.39 is 17.4 Å². The van der Waals surface area contributed by atoms with Gasteiger partial charge in [0.1, 0.15) is 11.6 Å². The number of imidazole rings is 1. The summed E-state index contributed by atoms with van der Waals surface area (Å²) in [5.74, 6) is 0.190. The predicted molar refractivity (Wildman–Crippen MR) is 101 cm³/mol. The van der Waals surface area contributed by atoms with Gasteiger partial charge in [-0.25, -0.2) is 4.98 Å². The topological polar surface area (TPSA) is 85.3 Å². The average molecular weight is 364 g/mol. The van der Waals surface area contributed by atoms with Crippen LogP contribution in [0.2, 0.25) is 0 Å². The van der Waals surface area contributed by atoms with Crippen molar-refractivity contribution in [1.82, 2.24) is 14.9 Å². The second kappa shape index (κ2) is 6.42. The Bertz CT molecular complexity index is 1040. The van der Waals surface area contributed by atoms with Gasteiger partial charge in [-0.2, -0.15) is 0 Å². The molecular formula is C20H20N4O3. The van der Waals surface area contributed by atoms with Crippen LogP contribution in [0.3, 0.4) is 0 Å². The van der Waals surface area contributed by atoms with Gasteiger partial charge in [0, 0.05) is 6.54 Å². The SMILES string of the molecule is CCn1c(CNC(=O)C2(C)Oc3ccccc3NC2=O)nc2ccccc21. The number of aromatic nitrogens is 2. The Labute approximate surface area is 156 Å². The monoisotopic (exact) mass is 364 g/mol. The summed E-state index contributed by atoms with van der Waals surface area (Å²) >= 11 is 0. The van der Waals surface area contributed by atoms with E-state index in [2.05, 4.69) is 15.6 Å². The summed E-state index contributed by atoms with van der Waals surface area (Å²) in [4.78, 5) is 29.9. The van der Waals surface area contributed by atoms with Gasteiger partial charge in [-0.05, 0) is 38.1 Å². The molecule has 3 aromatic rings. The highest BCUT2D eigenvalue weighted by Crippen LogP contribution is 2.33. The molecule has 2 amide bonds. The van der Waals surface area contributed by atoms with Gasteiger partial charge < -0.3 is 19.9 Å². The molecule has 7 heteroatoms. The van der Waals surface area contributed by atoms with Crippen LogP contribution >= 0.6 is 0 Å². The molecule has 0 saturated carbocycles. The molecule has 2 aromatic carbocycles. The van der Waals surface area contributed by atoms with Gasteiger partial charge in [0.05, 0.1) is 23.3 Å². The van der Waals surface area contributed by atoms with Crippen LogP contribution in [0.4, 0.5) is 5.69 Å². The van der Waals surface area contributed by atoms with Crippen molar-refractivity contribution >= 4 is 28.5 Å². The van der Waals surface area contributed by atoms with Crippen LogP contribution < -0.4 is 15.4 Å². The fourth-order valence-electron chi connectivity index (χ4n) is 3.26. The molecule has 0 saturated heterocycles. The smallest absolute Gasteiger partial charge is 0.278 e. The number of carbonyl (C=O) groups excluding carboxylic acids is 2. The summed E-state index contributed by atoms with van der Waals surface area (Å²) in [5, 5.41) is 5.53. The second-order valence-electron chi connectivity index (χ2n) is 6.53. The maximum Gasteiger partial charge on any atom is 0.278 e. The molecule has 0 fully saturated rings. The predicted octanol–water partition coefficient (Wildman–Crippen LogP) is 2.46. The summed E-state index contributed by atoms with van der Waals surface area (Å²) in [7, 11) is 0. The lowest BCUT2D eigenvalue weighted by Crippen LogP contribution is -2.58. The number of aryl methyl sites for hydroxylation is 1. The number of anilines is 1. The number of nitrogens with zero attached hydrogens (tertiary/aromatic N) is 2. The quantitative estimate of drug-likeness (QED) is 0.697. The summed E-state index contributed by atoms with van der Waals surface area (Å²) in [6.45, 7) is 4.42. The molecular weight excluding hydrogens is 344 g/mol. The van der Waals surface area contributed by atoms with Crippen molar-refractivity contribution in [2.24, 2.45) is 0 Å². The second-order valence-corrected chi connectivity index (χ2v) is 6.53. The minimum Gasteiger partial charge on any atom is -0.466 e. The van der Waals surface area contributed by atoms with E-state index >= 15 is 0 Å². The van der Waals surface area contributed by atoms with Crippen LogP contribution in [0.25, 0.3) is 11.0 Å². The number of ether oxygens (including phenoxy) is 1. The third-order valence-corrected chi connectivity index (χ3v) is 4.77. The molecule has 2 N–H and O–H groups in total. The molecule has 1 unspecified atom stereocenters. The summed E-state index contributed by atoms with van der Waals surface area (Å²) < 4.78 is 7.78. The highest BCUT2D eigenvalue weighted by molar-refractivity contribution is 6.15. The fraction of sp³-hybridized carbons (Fsp3) is 0.250. The van der Waals surface area contributed by atoms with Gasteiger partial charge in [0.15, 0.2) is 0 Å². The van der Waals surface area contributed by atoms with Crippen LogP contribution in [0, 0.1) is 0 Å². The first-order chi connectivity index (χ1) is 13.0. The van der Waals surface area contributed by atoms with E-state index in [1.807, 2.05) is 35.8 Å². The minimum absolute atomic E-state index is 0.204. The molecule has 27 heavy (non-hydrogen) atoms. The van der Waals surface area contributed by atoms with Crippen molar-refractivity contribution in [1.29, 1.82) is 0 Å². The molecule has 0 bridgehead atoms. The van der Waals surface area contributed by atoms with Crippen LogP contribution in [0.5, 0.6) is 5.75 Å². The van der Waals surface area contributed by atoms with Crippen molar-refractivity contribution in [3.63, 3.8) is 0 Å². The number of rotatable bonds is 4. The lowest BCUT2D eigenvalue weighted by Gasteiger charge is -2.33. The van der Waals surface area contributed by atoms with E-state index in [-0.39, 0.29) is 6.54 Å². The molecule has 4 rings (SSSR count). The van der Waals surface area contributed by atoms with Gasteiger partial charge in [-0.3, -0.25) is 9.59 Å². The number of carbonyl (C=O) groups is 2. The van der Waals surface area contributed by atoms with Crippen molar-refractivity contribution in [3.8, 4) is 5.75 Å². The van der Waals surface area contributed by atoms with Gasteiger partial charge >= 0.3 is 0 Å². The van der Waals surface area contributed by atoms with Gasteiger partial charge in [0.25, 0.3) is 17.4 Å². The third kappa shape index (κ3) is 2.81. The lowest BCUT2D eigenvalue weighted by atomic mass is 10.0. The van der Waals surface area contributed by atoms with E-state index in [0.29, 0.717) is 11.4 Å². The molecule has 7 nitrogen and oxygen atoms in total. The van der Waals surface area contributed by atoms with Crippen LogP contribution in [0.1, 0.15) is 19.7 Å². The molecule has 1 atom stereocenters. The molecule has 1 aromatic heterocycles. The maximum absolute atomic E-state index is 12.8. The maximum atomic E-state index is 12.8. The Hall–Kier alpha value is -3.35. The highest BCUT2D eigenvalue weighted by atomic mass is 16.5. The van der Waals surface area contributed by atoms with Crippen molar-refractivity contribution in [2.75, 3.05) is 5.32 Å². The molecule has 1 aliphatic rings. The minimum atomic E-state index is -1.64.